The predicted molar refractivity (Wildman–Crippen MR) is 194 cm³/mol. The summed E-state index contributed by atoms with van der Waals surface area (Å²) in [6, 6.07) is 56.7. The number of rotatable bonds is 8. The van der Waals surface area contributed by atoms with Gasteiger partial charge in [-0.15, -0.1) is 0 Å². The van der Waals surface area contributed by atoms with Crippen molar-refractivity contribution >= 4 is 46.1 Å². The standard InChI is InChI=1S/C41H31NO2P2/c43-45(34-17-5-1-6-18-34,35-19-7-2-8-20-35)40-27-15-13-25-38(40)32-29-33(31-42-30-32)39-26-14-16-28-41(39)46(44,36-21-9-3-10-22-36)37-23-11-4-12-24-37/h1-31H. The maximum atomic E-state index is 15.4. The highest BCUT2D eigenvalue weighted by atomic mass is 31.2. The summed E-state index contributed by atoms with van der Waals surface area (Å²) in [6.45, 7) is 0. The van der Waals surface area contributed by atoms with Gasteiger partial charge >= 0.3 is 0 Å². The summed E-state index contributed by atoms with van der Waals surface area (Å²) in [4.78, 5) is 4.70. The summed E-state index contributed by atoms with van der Waals surface area (Å²) in [6.07, 6.45) is 3.64. The zero-order valence-corrected chi connectivity index (χ0v) is 26.8. The summed E-state index contributed by atoms with van der Waals surface area (Å²) in [5.74, 6) is 0. The van der Waals surface area contributed by atoms with Crippen molar-refractivity contribution in [3.05, 3.63) is 188 Å². The molecule has 5 heteroatoms. The van der Waals surface area contributed by atoms with Gasteiger partial charge < -0.3 is 9.13 Å². The summed E-state index contributed by atoms with van der Waals surface area (Å²) in [5.41, 5.74) is 3.37. The van der Waals surface area contributed by atoms with Crippen molar-refractivity contribution in [3.63, 3.8) is 0 Å². The maximum Gasteiger partial charge on any atom is 0.171 e. The molecule has 3 nitrogen and oxygen atoms in total. The Kier molecular flexibility index (Phi) is 8.20. The number of hydrogen-bond acceptors (Lipinski definition) is 3. The van der Waals surface area contributed by atoms with E-state index in [1.807, 2.05) is 182 Å². The van der Waals surface area contributed by atoms with E-state index in [1.54, 1.807) is 0 Å². The van der Waals surface area contributed by atoms with Crippen LogP contribution in [0.5, 0.6) is 0 Å². The van der Waals surface area contributed by atoms with Crippen LogP contribution in [-0.4, -0.2) is 4.98 Å². The van der Waals surface area contributed by atoms with E-state index < -0.39 is 14.3 Å². The second-order valence-electron chi connectivity index (χ2n) is 11.1. The second kappa shape index (κ2) is 12.7. The third-order valence-electron chi connectivity index (χ3n) is 8.33. The topological polar surface area (TPSA) is 47.0 Å². The molecule has 46 heavy (non-hydrogen) atoms. The monoisotopic (exact) mass is 631 g/mol. The van der Waals surface area contributed by atoms with Crippen LogP contribution in [0.15, 0.2) is 188 Å². The molecule has 0 aliphatic rings. The average Bonchev–Trinajstić information content (AvgIpc) is 3.15. The zero-order chi connectivity index (χ0) is 31.4. The van der Waals surface area contributed by atoms with Gasteiger partial charge in [-0.1, -0.05) is 170 Å². The highest BCUT2D eigenvalue weighted by Gasteiger charge is 2.34. The lowest BCUT2D eigenvalue weighted by atomic mass is 10.0. The van der Waals surface area contributed by atoms with Gasteiger partial charge in [-0.25, -0.2) is 0 Å². The molecular formula is C41H31NO2P2. The number of pyridine rings is 1. The van der Waals surface area contributed by atoms with E-state index in [0.29, 0.717) is 0 Å². The van der Waals surface area contributed by atoms with E-state index in [1.165, 1.54) is 0 Å². The first-order valence-corrected chi connectivity index (χ1v) is 18.6. The van der Waals surface area contributed by atoms with Crippen LogP contribution < -0.4 is 31.8 Å². The molecule has 0 aliphatic heterocycles. The Bertz CT molecular complexity index is 1960. The van der Waals surface area contributed by atoms with Crippen LogP contribution in [0.1, 0.15) is 0 Å². The summed E-state index contributed by atoms with van der Waals surface area (Å²) < 4.78 is 30.8. The first kappa shape index (κ1) is 29.6. The second-order valence-corrected chi connectivity index (χ2v) is 16.5. The Hall–Kier alpha value is -5.07. The van der Waals surface area contributed by atoms with Crippen molar-refractivity contribution in [3.8, 4) is 22.3 Å². The van der Waals surface area contributed by atoms with E-state index in [2.05, 4.69) is 6.07 Å². The Morgan fingerprint density at radius 2 is 0.630 bits per heavy atom. The van der Waals surface area contributed by atoms with E-state index in [0.717, 1.165) is 54.1 Å². The van der Waals surface area contributed by atoms with Gasteiger partial charge in [0, 0.05) is 55.3 Å². The molecule has 6 aromatic carbocycles. The van der Waals surface area contributed by atoms with Gasteiger partial charge in [-0.2, -0.15) is 0 Å². The zero-order valence-electron chi connectivity index (χ0n) is 25.1. The van der Waals surface area contributed by atoms with Crippen molar-refractivity contribution in [2.75, 3.05) is 0 Å². The van der Waals surface area contributed by atoms with Crippen molar-refractivity contribution < 1.29 is 9.13 Å². The minimum Gasteiger partial charge on any atom is -0.309 e. The summed E-state index contributed by atoms with van der Waals surface area (Å²) >= 11 is 0. The van der Waals surface area contributed by atoms with Crippen molar-refractivity contribution in [1.82, 2.24) is 4.98 Å². The molecule has 0 N–H and O–H groups in total. The Morgan fingerprint density at radius 3 is 0.957 bits per heavy atom. The fraction of sp³-hybridized carbons (Fsp3) is 0. The Balaban J connectivity index is 1.42. The Morgan fingerprint density at radius 1 is 0.348 bits per heavy atom. The third-order valence-corrected chi connectivity index (χ3v) is 14.6. The van der Waals surface area contributed by atoms with E-state index in [4.69, 9.17) is 4.98 Å². The van der Waals surface area contributed by atoms with Crippen LogP contribution in [0.3, 0.4) is 0 Å². The highest BCUT2D eigenvalue weighted by Crippen LogP contribution is 2.47. The van der Waals surface area contributed by atoms with Crippen LogP contribution in [0.2, 0.25) is 0 Å². The summed E-state index contributed by atoms with van der Waals surface area (Å²) in [7, 11) is -6.51. The molecule has 0 radical (unpaired) electrons. The Labute approximate surface area is 270 Å². The van der Waals surface area contributed by atoms with Gasteiger partial charge in [0.15, 0.2) is 14.3 Å². The lowest BCUT2D eigenvalue weighted by Crippen LogP contribution is -2.26. The lowest BCUT2D eigenvalue weighted by molar-refractivity contribution is 0.591. The van der Waals surface area contributed by atoms with Crippen LogP contribution in [0.4, 0.5) is 0 Å². The van der Waals surface area contributed by atoms with Gasteiger partial charge in [0.1, 0.15) is 0 Å². The van der Waals surface area contributed by atoms with Gasteiger partial charge in [0.25, 0.3) is 0 Å². The van der Waals surface area contributed by atoms with Crippen molar-refractivity contribution in [1.29, 1.82) is 0 Å². The molecule has 0 atom stereocenters. The van der Waals surface area contributed by atoms with Crippen LogP contribution >= 0.6 is 14.3 Å². The molecule has 0 saturated carbocycles. The molecule has 0 aliphatic carbocycles. The van der Waals surface area contributed by atoms with Gasteiger partial charge in [-0.3, -0.25) is 4.98 Å². The lowest BCUT2D eigenvalue weighted by Gasteiger charge is -2.24. The maximum absolute atomic E-state index is 15.4. The molecule has 1 heterocycles. The minimum absolute atomic E-state index is 0.749. The molecule has 0 amide bonds. The molecule has 0 bridgehead atoms. The number of nitrogens with zero attached hydrogens (tertiary/aromatic N) is 1. The SMILES string of the molecule is O=P(c1ccccc1)(c1ccccc1)c1ccccc1-c1cncc(-c2ccccc2P(=O)(c2ccccc2)c2ccccc2)c1. The van der Waals surface area contributed by atoms with Crippen LogP contribution in [0.25, 0.3) is 22.3 Å². The molecule has 0 spiro atoms. The first-order valence-electron chi connectivity index (χ1n) is 15.2. The van der Waals surface area contributed by atoms with Gasteiger partial charge in [-0.05, 0) is 17.2 Å². The molecule has 222 valence electrons. The largest absolute Gasteiger partial charge is 0.309 e. The third kappa shape index (κ3) is 5.29. The number of aromatic nitrogens is 1. The molecule has 7 aromatic rings. The molecule has 0 fully saturated rings. The van der Waals surface area contributed by atoms with Crippen LogP contribution in [0, 0.1) is 0 Å². The number of benzene rings is 6. The quantitative estimate of drug-likeness (QED) is 0.162. The summed E-state index contributed by atoms with van der Waals surface area (Å²) in [5, 5.41) is 4.59. The first-order chi connectivity index (χ1) is 22.6. The minimum atomic E-state index is -3.26. The van der Waals surface area contributed by atoms with Gasteiger partial charge in [0.05, 0.1) is 0 Å². The van der Waals surface area contributed by atoms with E-state index in [9.17, 15) is 0 Å². The smallest absolute Gasteiger partial charge is 0.171 e. The molecule has 0 saturated heterocycles. The molecule has 0 unspecified atom stereocenters. The fourth-order valence-electron chi connectivity index (χ4n) is 6.13. The highest BCUT2D eigenvalue weighted by molar-refractivity contribution is 7.86. The van der Waals surface area contributed by atoms with Crippen molar-refractivity contribution in [2.24, 2.45) is 0 Å². The molecule has 7 rings (SSSR count). The van der Waals surface area contributed by atoms with E-state index in [-0.39, 0.29) is 0 Å². The average molecular weight is 632 g/mol. The molecular weight excluding hydrogens is 600 g/mol. The molecule has 1 aromatic heterocycles. The van der Waals surface area contributed by atoms with Gasteiger partial charge in [0.2, 0.25) is 0 Å². The van der Waals surface area contributed by atoms with E-state index >= 15 is 9.13 Å². The van der Waals surface area contributed by atoms with Crippen LogP contribution in [-0.2, 0) is 9.13 Å². The fourth-order valence-corrected chi connectivity index (χ4v) is 11.9. The normalized spacial score (nSPS) is 11.7. The number of hydrogen-bond donors (Lipinski definition) is 0. The predicted octanol–water partition coefficient (Wildman–Crippen LogP) is 7.69. The van der Waals surface area contributed by atoms with Crippen molar-refractivity contribution in [2.45, 2.75) is 0 Å².